The van der Waals surface area contributed by atoms with E-state index in [2.05, 4.69) is 32.4 Å². The van der Waals surface area contributed by atoms with E-state index in [1.807, 2.05) is 17.7 Å². The van der Waals surface area contributed by atoms with Crippen molar-refractivity contribution in [3.05, 3.63) is 40.1 Å². The molecular weight excluding hydrogens is 242 g/mol. The molecule has 0 saturated heterocycles. The SMILES string of the molecule is c1csc(CNCCn2cnc3c2CCCC3)c1. The highest BCUT2D eigenvalue weighted by Gasteiger charge is 2.14. The third-order valence-corrected chi connectivity index (χ3v) is 4.40. The van der Waals surface area contributed by atoms with Crippen molar-refractivity contribution < 1.29 is 0 Å². The molecule has 0 saturated carbocycles. The van der Waals surface area contributed by atoms with Crippen LogP contribution >= 0.6 is 11.3 Å². The highest BCUT2D eigenvalue weighted by molar-refractivity contribution is 7.09. The van der Waals surface area contributed by atoms with Crippen LogP contribution in [0.5, 0.6) is 0 Å². The molecule has 2 aromatic rings. The summed E-state index contributed by atoms with van der Waals surface area (Å²) in [5.74, 6) is 0. The van der Waals surface area contributed by atoms with Crippen LogP contribution in [0.2, 0.25) is 0 Å². The Hall–Kier alpha value is -1.13. The van der Waals surface area contributed by atoms with Crippen LogP contribution in [0.3, 0.4) is 0 Å². The van der Waals surface area contributed by atoms with E-state index in [0.29, 0.717) is 0 Å². The highest BCUT2D eigenvalue weighted by Crippen LogP contribution is 2.19. The topological polar surface area (TPSA) is 29.9 Å². The van der Waals surface area contributed by atoms with Crippen LogP contribution in [0.15, 0.2) is 23.8 Å². The Labute approximate surface area is 112 Å². The van der Waals surface area contributed by atoms with Gasteiger partial charge < -0.3 is 9.88 Å². The minimum atomic E-state index is 0.981. The van der Waals surface area contributed by atoms with Gasteiger partial charge in [0.15, 0.2) is 0 Å². The second-order valence-electron chi connectivity index (χ2n) is 4.79. The normalized spacial score (nSPS) is 14.7. The molecule has 0 radical (unpaired) electrons. The van der Waals surface area contributed by atoms with Crippen molar-refractivity contribution in [2.24, 2.45) is 0 Å². The van der Waals surface area contributed by atoms with E-state index in [-0.39, 0.29) is 0 Å². The molecule has 3 nitrogen and oxygen atoms in total. The predicted molar refractivity (Wildman–Crippen MR) is 74.9 cm³/mol. The summed E-state index contributed by atoms with van der Waals surface area (Å²) in [6, 6.07) is 4.28. The van der Waals surface area contributed by atoms with Crippen LogP contribution in [0, 0.1) is 0 Å². The zero-order valence-corrected chi connectivity index (χ0v) is 11.4. The third-order valence-electron chi connectivity index (χ3n) is 3.52. The van der Waals surface area contributed by atoms with Gasteiger partial charge in [0.1, 0.15) is 0 Å². The van der Waals surface area contributed by atoms with E-state index in [1.165, 1.54) is 41.9 Å². The number of aromatic nitrogens is 2. The van der Waals surface area contributed by atoms with E-state index in [4.69, 9.17) is 0 Å². The van der Waals surface area contributed by atoms with Gasteiger partial charge in [-0.2, -0.15) is 0 Å². The van der Waals surface area contributed by atoms with Gasteiger partial charge in [0, 0.05) is 30.2 Å². The summed E-state index contributed by atoms with van der Waals surface area (Å²) >= 11 is 1.81. The van der Waals surface area contributed by atoms with Crippen LogP contribution in [0.25, 0.3) is 0 Å². The van der Waals surface area contributed by atoms with E-state index in [0.717, 1.165) is 19.6 Å². The maximum atomic E-state index is 4.52. The first kappa shape index (κ1) is 11.9. The fraction of sp³-hybridized carbons (Fsp3) is 0.500. The number of rotatable bonds is 5. The van der Waals surface area contributed by atoms with E-state index < -0.39 is 0 Å². The fourth-order valence-corrected chi connectivity index (χ4v) is 3.22. The Morgan fingerprint density at radius 1 is 1.33 bits per heavy atom. The molecule has 1 aliphatic rings. The summed E-state index contributed by atoms with van der Waals surface area (Å²) < 4.78 is 2.33. The number of thiophene rings is 1. The lowest BCUT2D eigenvalue weighted by Gasteiger charge is -2.14. The minimum Gasteiger partial charge on any atom is -0.333 e. The second-order valence-corrected chi connectivity index (χ2v) is 5.83. The molecule has 1 N–H and O–H groups in total. The number of aryl methyl sites for hydroxylation is 1. The molecule has 4 heteroatoms. The standard InChI is InChI=1S/C14H19N3S/c1-2-6-14-13(5-1)16-11-17(14)8-7-15-10-12-4-3-9-18-12/h3-4,9,11,15H,1-2,5-8,10H2. The molecule has 0 amide bonds. The minimum absolute atomic E-state index is 0.981. The smallest absolute Gasteiger partial charge is 0.0952 e. The fourth-order valence-electron chi connectivity index (χ4n) is 2.55. The summed E-state index contributed by atoms with van der Waals surface area (Å²) in [7, 11) is 0. The van der Waals surface area contributed by atoms with Crippen molar-refractivity contribution in [1.29, 1.82) is 0 Å². The van der Waals surface area contributed by atoms with E-state index >= 15 is 0 Å². The molecule has 0 atom stereocenters. The lowest BCUT2D eigenvalue weighted by Crippen LogP contribution is -2.20. The second kappa shape index (κ2) is 5.67. The highest BCUT2D eigenvalue weighted by atomic mass is 32.1. The van der Waals surface area contributed by atoms with Gasteiger partial charge in [-0.15, -0.1) is 11.3 Å². The summed E-state index contributed by atoms with van der Waals surface area (Å²) in [6.07, 6.45) is 7.02. The Balaban J connectivity index is 1.49. The van der Waals surface area contributed by atoms with Gasteiger partial charge in [0.25, 0.3) is 0 Å². The predicted octanol–water partition coefficient (Wildman–Crippen LogP) is 2.61. The Kier molecular flexibility index (Phi) is 3.76. The van der Waals surface area contributed by atoms with Gasteiger partial charge in [-0.05, 0) is 37.1 Å². The van der Waals surface area contributed by atoms with Gasteiger partial charge >= 0.3 is 0 Å². The molecule has 96 valence electrons. The van der Waals surface area contributed by atoms with Gasteiger partial charge in [0.2, 0.25) is 0 Å². The van der Waals surface area contributed by atoms with Crippen molar-refractivity contribution in [1.82, 2.24) is 14.9 Å². The summed E-state index contributed by atoms with van der Waals surface area (Å²) in [5, 5.41) is 5.62. The van der Waals surface area contributed by atoms with E-state index in [9.17, 15) is 0 Å². The first-order valence-corrected chi connectivity index (χ1v) is 7.57. The summed E-state index contributed by atoms with van der Waals surface area (Å²) in [6.45, 7) is 3.03. The lowest BCUT2D eigenvalue weighted by atomic mass is 10.0. The largest absolute Gasteiger partial charge is 0.333 e. The molecule has 3 rings (SSSR count). The molecule has 2 heterocycles. The first-order chi connectivity index (χ1) is 8.93. The zero-order chi connectivity index (χ0) is 12.2. The quantitative estimate of drug-likeness (QED) is 0.839. The van der Waals surface area contributed by atoms with Crippen molar-refractivity contribution in [2.45, 2.75) is 38.8 Å². The summed E-state index contributed by atoms with van der Waals surface area (Å²) in [5.41, 5.74) is 2.80. The van der Waals surface area contributed by atoms with Crippen molar-refractivity contribution in [3.63, 3.8) is 0 Å². The molecule has 0 fully saturated rings. The Bertz CT molecular complexity index is 487. The van der Waals surface area contributed by atoms with Crippen LogP contribution in [-0.2, 0) is 25.9 Å². The molecule has 0 bridgehead atoms. The van der Waals surface area contributed by atoms with E-state index in [1.54, 1.807) is 0 Å². The maximum absolute atomic E-state index is 4.52. The molecule has 0 unspecified atom stereocenters. The molecule has 0 spiro atoms. The van der Waals surface area contributed by atoms with Crippen molar-refractivity contribution in [3.8, 4) is 0 Å². The third kappa shape index (κ3) is 2.65. The average molecular weight is 261 g/mol. The maximum Gasteiger partial charge on any atom is 0.0952 e. The number of nitrogens with zero attached hydrogens (tertiary/aromatic N) is 2. The molecular formula is C14H19N3S. The van der Waals surface area contributed by atoms with Crippen LogP contribution in [0.1, 0.15) is 29.1 Å². The number of hydrogen-bond donors (Lipinski definition) is 1. The van der Waals surface area contributed by atoms with Crippen molar-refractivity contribution >= 4 is 11.3 Å². The molecule has 2 aromatic heterocycles. The van der Waals surface area contributed by atoms with Gasteiger partial charge in [-0.1, -0.05) is 6.07 Å². The monoisotopic (exact) mass is 261 g/mol. The Morgan fingerprint density at radius 3 is 3.17 bits per heavy atom. The number of nitrogens with one attached hydrogen (secondary N) is 1. The molecule has 0 aliphatic heterocycles. The molecule has 1 aliphatic carbocycles. The van der Waals surface area contributed by atoms with Crippen LogP contribution < -0.4 is 5.32 Å². The lowest BCUT2D eigenvalue weighted by molar-refractivity contribution is 0.564. The number of hydrogen-bond acceptors (Lipinski definition) is 3. The van der Waals surface area contributed by atoms with Gasteiger partial charge in [-0.25, -0.2) is 4.98 Å². The molecule has 0 aromatic carbocycles. The van der Waals surface area contributed by atoms with Crippen molar-refractivity contribution in [2.75, 3.05) is 6.54 Å². The summed E-state index contributed by atoms with van der Waals surface area (Å²) in [4.78, 5) is 5.93. The number of fused-ring (bicyclic) bond motifs is 1. The average Bonchev–Trinajstić information content (AvgIpc) is 3.04. The zero-order valence-electron chi connectivity index (χ0n) is 10.6. The van der Waals surface area contributed by atoms with Crippen LogP contribution in [0.4, 0.5) is 0 Å². The number of imidazole rings is 1. The van der Waals surface area contributed by atoms with Gasteiger partial charge in [-0.3, -0.25) is 0 Å². The Morgan fingerprint density at radius 2 is 2.28 bits per heavy atom. The van der Waals surface area contributed by atoms with Gasteiger partial charge in [0.05, 0.1) is 12.0 Å². The van der Waals surface area contributed by atoms with Crippen LogP contribution in [-0.4, -0.2) is 16.1 Å². The first-order valence-electron chi connectivity index (χ1n) is 6.69. The molecule has 18 heavy (non-hydrogen) atoms.